The van der Waals surface area contributed by atoms with Crippen LogP contribution < -0.4 is 4.98 Å². The lowest BCUT2D eigenvalue weighted by atomic mass is 10.1. The van der Waals surface area contributed by atoms with E-state index in [9.17, 15) is 0 Å². The predicted octanol–water partition coefficient (Wildman–Crippen LogP) is 6.46. The van der Waals surface area contributed by atoms with Gasteiger partial charge in [-0.15, -0.1) is 0 Å². The Balaban J connectivity index is 0.000000413. The SMILES string of the molecule is CC1=Cc2ccccc2C1[Si](C)(C)NC(C)(C)C.CC=CC=CC. The Kier molecular flexibility index (Phi) is 7.44. The monoisotopic (exact) mass is 341 g/mol. The third-order valence-electron chi connectivity index (χ3n) is 4.06. The summed E-state index contributed by atoms with van der Waals surface area (Å²) < 4.78 is 0. The van der Waals surface area contributed by atoms with E-state index < -0.39 is 8.24 Å². The zero-order valence-corrected chi connectivity index (χ0v) is 17.8. The highest BCUT2D eigenvalue weighted by Crippen LogP contribution is 2.41. The van der Waals surface area contributed by atoms with Crippen molar-refractivity contribution in [3.8, 4) is 0 Å². The normalized spacial score (nSPS) is 17.7. The Bertz CT molecular complexity index is 605. The number of hydrogen-bond acceptors (Lipinski definition) is 1. The lowest BCUT2D eigenvalue weighted by Gasteiger charge is -2.38. The van der Waals surface area contributed by atoms with Crippen LogP contribution in [0.3, 0.4) is 0 Å². The number of fused-ring (bicyclic) bond motifs is 1. The zero-order chi connectivity index (χ0) is 18.4. The minimum atomic E-state index is -1.54. The van der Waals surface area contributed by atoms with Crippen molar-refractivity contribution in [1.29, 1.82) is 0 Å². The quantitative estimate of drug-likeness (QED) is 0.491. The molecule has 2 heteroatoms. The number of nitrogens with one attached hydrogen (secondary N) is 1. The Morgan fingerprint density at radius 1 is 1.00 bits per heavy atom. The molecule has 2 rings (SSSR count). The molecule has 1 aliphatic rings. The molecule has 0 aromatic heterocycles. The fourth-order valence-electron chi connectivity index (χ4n) is 3.70. The summed E-state index contributed by atoms with van der Waals surface area (Å²) >= 11 is 0. The summed E-state index contributed by atoms with van der Waals surface area (Å²) in [5, 5.41) is 0. The fraction of sp³-hybridized carbons (Fsp3) is 0.455. The summed E-state index contributed by atoms with van der Waals surface area (Å²) in [5.41, 5.74) is 5.24. The van der Waals surface area contributed by atoms with Crippen LogP contribution in [0, 0.1) is 0 Å². The van der Waals surface area contributed by atoms with Gasteiger partial charge in [0.05, 0.1) is 0 Å². The molecule has 0 amide bonds. The predicted molar refractivity (Wildman–Crippen MR) is 113 cm³/mol. The molecule has 0 saturated heterocycles. The van der Waals surface area contributed by atoms with Crippen LogP contribution in [-0.2, 0) is 0 Å². The van der Waals surface area contributed by atoms with Gasteiger partial charge in [0, 0.05) is 11.1 Å². The molecule has 0 saturated carbocycles. The Morgan fingerprint density at radius 3 is 2.04 bits per heavy atom. The summed E-state index contributed by atoms with van der Waals surface area (Å²) in [5.74, 6) is 0. The van der Waals surface area contributed by atoms with Gasteiger partial charge in [-0.05, 0) is 52.7 Å². The first-order valence-electron chi connectivity index (χ1n) is 8.93. The molecule has 1 aromatic rings. The molecule has 0 radical (unpaired) electrons. The topological polar surface area (TPSA) is 12.0 Å². The largest absolute Gasteiger partial charge is 0.332 e. The smallest absolute Gasteiger partial charge is 0.131 e. The number of allylic oxidation sites excluding steroid dienone is 5. The van der Waals surface area contributed by atoms with Gasteiger partial charge in [-0.3, -0.25) is 0 Å². The standard InChI is InChI=1S/C16H25NSi.C6H10/c1-12-11-13-9-7-8-10-14(13)15(12)18(5,6)17-16(2,3)4;1-3-5-6-4-2/h7-11,15,17H,1-6H3;3-6H,1-2H3. The van der Waals surface area contributed by atoms with Crippen LogP contribution in [0.2, 0.25) is 13.1 Å². The van der Waals surface area contributed by atoms with Crippen LogP contribution in [0.25, 0.3) is 6.08 Å². The first-order valence-corrected chi connectivity index (χ1v) is 12.0. The van der Waals surface area contributed by atoms with Gasteiger partial charge in [0.25, 0.3) is 0 Å². The maximum atomic E-state index is 3.91. The second-order valence-corrected chi connectivity index (χ2v) is 12.4. The molecule has 1 nitrogen and oxygen atoms in total. The average Bonchev–Trinajstić information content (AvgIpc) is 2.79. The van der Waals surface area contributed by atoms with Crippen molar-refractivity contribution in [3.05, 3.63) is 65.3 Å². The van der Waals surface area contributed by atoms with E-state index >= 15 is 0 Å². The van der Waals surface area contributed by atoms with Gasteiger partial charge in [-0.1, -0.05) is 73.3 Å². The molecule has 0 heterocycles. The molecule has 1 unspecified atom stereocenters. The van der Waals surface area contributed by atoms with Crippen LogP contribution >= 0.6 is 0 Å². The van der Waals surface area contributed by atoms with E-state index in [2.05, 4.69) is 76.1 Å². The number of benzene rings is 1. The molecule has 0 spiro atoms. The highest BCUT2D eigenvalue weighted by molar-refractivity contribution is 6.77. The molecule has 1 aromatic carbocycles. The van der Waals surface area contributed by atoms with Crippen molar-refractivity contribution < 1.29 is 0 Å². The highest BCUT2D eigenvalue weighted by atomic mass is 28.3. The fourth-order valence-corrected chi connectivity index (χ4v) is 8.04. The summed E-state index contributed by atoms with van der Waals surface area (Å²) in [6, 6.07) is 8.84. The van der Waals surface area contributed by atoms with E-state index in [1.807, 2.05) is 38.2 Å². The number of hydrogen-bond donors (Lipinski definition) is 1. The molecule has 1 atom stereocenters. The van der Waals surface area contributed by atoms with E-state index in [0.29, 0.717) is 5.54 Å². The van der Waals surface area contributed by atoms with Gasteiger partial charge in [-0.25, -0.2) is 0 Å². The van der Waals surface area contributed by atoms with Crippen molar-refractivity contribution in [2.75, 3.05) is 0 Å². The molecule has 1 aliphatic carbocycles. The van der Waals surface area contributed by atoms with Crippen molar-refractivity contribution in [1.82, 2.24) is 4.98 Å². The molecule has 1 N–H and O–H groups in total. The van der Waals surface area contributed by atoms with Crippen molar-refractivity contribution >= 4 is 14.3 Å². The van der Waals surface area contributed by atoms with Gasteiger partial charge in [0.15, 0.2) is 0 Å². The van der Waals surface area contributed by atoms with E-state index in [-0.39, 0.29) is 5.54 Å². The maximum Gasteiger partial charge on any atom is 0.131 e. The third kappa shape index (κ3) is 5.92. The van der Waals surface area contributed by atoms with E-state index in [1.54, 1.807) is 0 Å². The summed E-state index contributed by atoms with van der Waals surface area (Å²) in [4.78, 5) is 3.91. The van der Waals surface area contributed by atoms with Crippen LogP contribution in [0.4, 0.5) is 0 Å². The minimum absolute atomic E-state index is 0.188. The van der Waals surface area contributed by atoms with Crippen LogP contribution in [-0.4, -0.2) is 13.8 Å². The lowest BCUT2D eigenvalue weighted by molar-refractivity contribution is 0.508. The van der Waals surface area contributed by atoms with Crippen LogP contribution in [0.1, 0.15) is 58.2 Å². The van der Waals surface area contributed by atoms with Gasteiger partial charge < -0.3 is 4.98 Å². The average molecular weight is 342 g/mol. The maximum absolute atomic E-state index is 3.91. The van der Waals surface area contributed by atoms with Crippen molar-refractivity contribution in [2.45, 2.75) is 65.7 Å². The molecule has 0 bridgehead atoms. The number of rotatable bonds is 3. The van der Waals surface area contributed by atoms with E-state index in [0.717, 1.165) is 0 Å². The van der Waals surface area contributed by atoms with E-state index in [4.69, 9.17) is 0 Å². The van der Waals surface area contributed by atoms with Crippen molar-refractivity contribution in [2.24, 2.45) is 0 Å². The third-order valence-corrected chi connectivity index (χ3v) is 7.66. The summed E-state index contributed by atoms with van der Waals surface area (Å²) in [7, 11) is -1.54. The first-order chi connectivity index (χ1) is 11.1. The van der Waals surface area contributed by atoms with Gasteiger partial charge in [0.1, 0.15) is 8.24 Å². The molecular formula is C22H35NSi. The molecule has 24 heavy (non-hydrogen) atoms. The zero-order valence-electron chi connectivity index (χ0n) is 16.8. The highest BCUT2D eigenvalue weighted by Gasteiger charge is 2.39. The lowest BCUT2D eigenvalue weighted by Crippen LogP contribution is -2.58. The Hall–Kier alpha value is -1.38. The van der Waals surface area contributed by atoms with Crippen molar-refractivity contribution in [3.63, 3.8) is 0 Å². The molecule has 0 fully saturated rings. The molecule has 132 valence electrons. The molecule has 0 aliphatic heterocycles. The Labute approximate surface area is 150 Å². The van der Waals surface area contributed by atoms with E-state index in [1.165, 1.54) is 16.7 Å². The second kappa shape index (κ2) is 8.64. The minimum Gasteiger partial charge on any atom is -0.332 e. The second-order valence-electron chi connectivity index (χ2n) is 8.10. The summed E-state index contributed by atoms with van der Waals surface area (Å²) in [6.07, 6.45) is 10.4. The van der Waals surface area contributed by atoms with Crippen LogP contribution in [0.5, 0.6) is 0 Å². The van der Waals surface area contributed by atoms with Crippen LogP contribution in [0.15, 0.2) is 54.1 Å². The summed E-state index contributed by atoms with van der Waals surface area (Å²) in [6.45, 7) is 18.0. The molecular weight excluding hydrogens is 306 g/mol. The first kappa shape index (κ1) is 20.7. The van der Waals surface area contributed by atoms with Gasteiger partial charge in [-0.2, -0.15) is 0 Å². The Morgan fingerprint density at radius 2 is 1.54 bits per heavy atom. The van der Waals surface area contributed by atoms with Gasteiger partial charge in [0.2, 0.25) is 0 Å². The van der Waals surface area contributed by atoms with Gasteiger partial charge >= 0.3 is 0 Å².